The van der Waals surface area contributed by atoms with E-state index in [4.69, 9.17) is 14.2 Å². The van der Waals surface area contributed by atoms with Crippen molar-refractivity contribution >= 4 is 6.09 Å². The molecule has 0 aliphatic carbocycles. The Balaban J connectivity index is 1.72. The number of piperidine rings is 1. The molecule has 2 aromatic heterocycles. The number of hydrogen-bond donors (Lipinski definition) is 0. The van der Waals surface area contributed by atoms with Crippen LogP contribution in [0, 0.1) is 0 Å². The molecule has 1 saturated heterocycles. The van der Waals surface area contributed by atoms with Gasteiger partial charge in [-0.2, -0.15) is 0 Å². The van der Waals surface area contributed by atoms with Crippen molar-refractivity contribution in [3.8, 4) is 11.8 Å². The molecule has 144 valence electrons. The number of rotatable bonds is 4. The lowest BCUT2D eigenvalue weighted by atomic mass is 10.0. The van der Waals surface area contributed by atoms with Gasteiger partial charge in [0.1, 0.15) is 24.4 Å². The summed E-state index contributed by atoms with van der Waals surface area (Å²) in [7, 11) is 0. The molecule has 2 aromatic rings. The fraction of sp³-hybridized carbons (Fsp3) is 0.500. The summed E-state index contributed by atoms with van der Waals surface area (Å²) in [4.78, 5) is 30.0. The van der Waals surface area contributed by atoms with Crippen LogP contribution in [0.3, 0.4) is 0 Å². The highest BCUT2D eigenvalue weighted by atomic mass is 16.6. The largest absolute Gasteiger partial charge is 0.470 e. The Hall–Kier alpha value is -2.97. The van der Waals surface area contributed by atoms with Crippen LogP contribution >= 0.6 is 0 Å². The van der Waals surface area contributed by atoms with Gasteiger partial charge in [-0.25, -0.2) is 24.7 Å². The van der Waals surface area contributed by atoms with Gasteiger partial charge in [0.25, 0.3) is 0 Å². The predicted molar refractivity (Wildman–Crippen MR) is 95.3 cm³/mol. The number of aromatic nitrogens is 4. The van der Waals surface area contributed by atoms with Crippen LogP contribution in [0.25, 0.3) is 0 Å². The van der Waals surface area contributed by atoms with Gasteiger partial charge in [-0.15, -0.1) is 0 Å². The highest BCUT2D eigenvalue weighted by molar-refractivity contribution is 5.68. The van der Waals surface area contributed by atoms with E-state index in [1.54, 1.807) is 29.4 Å². The molecule has 3 rings (SSSR count). The van der Waals surface area contributed by atoms with E-state index >= 15 is 0 Å². The summed E-state index contributed by atoms with van der Waals surface area (Å²) >= 11 is 0. The van der Waals surface area contributed by atoms with Crippen molar-refractivity contribution in [3.05, 3.63) is 37.2 Å². The summed E-state index contributed by atoms with van der Waals surface area (Å²) < 4.78 is 17.4. The molecule has 1 aliphatic rings. The Labute approximate surface area is 157 Å². The van der Waals surface area contributed by atoms with Crippen molar-refractivity contribution in [1.29, 1.82) is 0 Å². The molecule has 0 radical (unpaired) electrons. The number of nitrogens with zero attached hydrogens (tertiary/aromatic N) is 5. The van der Waals surface area contributed by atoms with Crippen molar-refractivity contribution in [1.82, 2.24) is 24.8 Å². The summed E-state index contributed by atoms with van der Waals surface area (Å²) in [5.41, 5.74) is -0.561. The zero-order chi connectivity index (χ0) is 19.3. The molecule has 27 heavy (non-hydrogen) atoms. The minimum Gasteiger partial charge on any atom is -0.470 e. The molecule has 0 spiro atoms. The Kier molecular flexibility index (Phi) is 5.68. The lowest BCUT2D eigenvalue weighted by Crippen LogP contribution is -2.54. The first-order valence-electron chi connectivity index (χ1n) is 8.74. The molecule has 0 saturated carbocycles. The van der Waals surface area contributed by atoms with E-state index in [0.717, 1.165) is 0 Å². The van der Waals surface area contributed by atoms with E-state index in [1.807, 2.05) is 20.8 Å². The molecule has 9 heteroatoms. The number of carbonyl (C=O) groups excluding carboxylic acids is 1. The maximum absolute atomic E-state index is 12.4. The Morgan fingerprint density at radius 2 is 1.63 bits per heavy atom. The van der Waals surface area contributed by atoms with Gasteiger partial charge >= 0.3 is 6.09 Å². The quantitative estimate of drug-likeness (QED) is 0.803. The van der Waals surface area contributed by atoms with Crippen LogP contribution in [0.5, 0.6) is 11.8 Å². The molecule has 0 N–H and O–H groups in total. The zero-order valence-corrected chi connectivity index (χ0v) is 15.6. The maximum atomic E-state index is 12.4. The van der Waals surface area contributed by atoms with Crippen molar-refractivity contribution in [2.24, 2.45) is 0 Å². The van der Waals surface area contributed by atoms with E-state index in [0.29, 0.717) is 31.3 Å². The van der Waals surface area contributed by atoms with Crippen molar-refractivity contribution in [2.75, 3.05) is 13.1 Å². The van der Waals surface area contributed by atoms with E-state index in [9.17, 15) is 4.79 Å². The van der Waals surface area contributed by atoms with Gasteiger partial charge in [-0.05, 0) is 20.8 Å². The third-order valence-electron chi connectivity index (χ3n) is 3.80. The second-order valence-electron chi connectivity index (χ2n) is 7.12. The molecule has 9 nitrogen and oxygen atoms in total. The Morgan fingerprint density at radius 3 is 2.15 bits per heavy atom. The molecular formula is C18H23N5O4. The summed E-state index contributed by atoms with van der Waals surface area (Å²) in [6.45, 7) is 6.32. The van der Waals surface area contributed by atoms with E-state index < -0.39 is 11.7 Å². The maximum Gasteiger partial charge on any atom is 0.410 e. The predicted octanol–water partition coefficient (Wildman–Crippen LogP) is 2.10. The first-order chi connectivity index (χ1) is 12.9. The van der Waals surface area contributed by atoms with Crippen LogP contribution in [0.15, 0.2) is 37.2 Å². The Bertz CT molecular complexity index is 738. The number of ether oxygens (including phenoxy) is 3. The molecule has 2 unspecified atom stereocenters. The van der Waals surface area contributed by atoms with Gasteiger partial charge in [-0.1, -0.05) is 0 Å². The smallest absolute Gasteiger partial charge is 0.410 e. The molecule has 3 heterocycles. The van der Waals surface area contributed by atoms with Crippen LogP contribution in [0.1, 0.15) is 27.2 Å². The number of hydrogen-bond acceptors (Lipinski definition) is 8. The molecule has 1 fully saturated rings. The number of carbonyl (C=O) groups is 1. The average Bonchev–Trinajstić information content (AvgIpc) is 2.63. The standard InChI is InChI=1S/C18H23N5O4/c1-18(2,3)27-17(24)23-9-6-13(25-15-4-7-19-11-21-15)14(10-23)26-16-5-8-20-12-22-16/h4-5,7-8,11-14H,6,9-10H2,1-3H3. The highest BCUT2D eigenvalue weighted by Gasteiger charge is 2.36. The molecule has 0 aromatic carbocycles. The fourth-order valence-corrected chi connectivity index (χ4v) is 2.64. The normalized spacial score (nSPS) is 20.0. The lowest BCUT2D eigenvalue weighted by molar-refractivity contribution is -0.0303. The third kappa shape index (κ3) is 5.50. The lowest BCUT2D eigenvalue weighted by Gasteiger charge is -2.38. The third-order valence-corrected chi connectivity index (χ3v) is 3.80. The SMILES string of the molecule is CC(C)(C)OC(=O)N1CCC(Oc2ccncn2)C(Oc2ccncn2)C1. The second kappa shape index (κ2) is 8.15. The van der Waals surface area contributed by atoms with Crippen LogP contribution in [0.4, 0.5) is 4.79 Å². The summed E-state index contributed by atoms with van der Waals surface area (Å²) in [6, 6.07) is 3.34. The first-order valence-corrected chi connectivity index (χ1v) is 8.74. The average molecular weight is 373 g/mol. The fourth-order valence-electron chi connectivity index (χ4n) is 2.64. The van der Waals surface area contributed by atoms with E-state index in [1.165, 1.54) is 12.7 Å². The molecular weight excluding hydrogens is 350 g/mol. The molecule has 2 atom stereocenters. The molecule has 0 bridgehead atoms. The van der Waals surface area contributed by atoms with Crippen molar-refractivity contribution < 1.29 is 19.0 Å². The van der Waals surface area contributed by atoms with Crippen LogP contribution in [-0.4, -0.2) is 61.8 Å². The molecule has 1 amide bonds. The van der Waals surface area contributed by atoms with Gasteiger partial charge in [0, 0.05) is 37.5 Å². The van der Waals surface area contributed by atoms with Crippen molar-refractivity contribution in [3.63, 3.8) is 0 Å². The first kappa shape index (κ1) is 18.8. The highest BCUT2D eigenvalue weighted by Crippen LogP contribution is 2.22. The van der Waals surface area contributed by atoms with E-state index in [-0.39, 0.29) is 12.2 Å². The zero-order valence-electron chi connectivity index (χ0n) is 15.6. The van der Waals surface area contributed by atoms with Gasteiger partial charge < -0.3 is 19.1 Å². The van der Waals surface area contributed by atoms with Gasteiger partial charge in [0.15, 0.2) is 6.10 Å². The van der Waals surface area contributed by atoms with Gasteiger partial charge in [0.05, 0.1) is 6.54 Å². The minimum absolute atomic E-state index is 0.298. The summed E-state index contributed by atoms with van der Waals surface area (Å²) in [5, 5.41) is 0. The topological polar surface area (TPSA) is 99.6 Å². The van der Waals surface area contributed by atoms with Crippen LogP contribution in [-0.2, 0) is 4.74 Å². The summed E-state index contributed by atoms with van der Waals surface area (Å²) in [5.74, 6) is 0.870. The van der Waals surface area contributed by atoms with Gasteiger partial charge in [0.2, 0.25) is 11.8 Å². The van der Waals surface area contributed by atoms with Gasteiger partial charge in [-0.3, -0.25) is 0 Å². The Morgan fingerprint density at radius 1 is 1.04 bits per heavy atom. The second-order valence-corrected chi connectivity index (χ2v) is 7.12. The summed E-state index contributed by atoms with van der Waals surface area (Å²) in [6.07, 6.45) is 5.49. The number of likely N-dealkylation sites (tertiary alicyclic amines) is 1. The monoisotopic (exact) mass is 373 g/mol. The number of amides is 1. The molecule has 1 aliphatic heterocycles. The van der Waals surface area contributed by atoms with Crippen LogP contribution < -0.4 is 9.47 Å². The van der Waals surface area contributed by atoms with Crippen molar-refractivity contribution in [2.45, 2.75) is 45.0 Å². The van der Waals surface area contributed by atoms with Crippen LogP contribution in [0.2, 0.25) is 0 Å². The minimum atomic E-state index is -0.561. The van der Waals surface area contributed by atoms with E-state index in [2.05, 4.69) is 19.9 Å².